The molecule has 0 atom stereocenters. The Morgan fingerprint density at radius 2 is 1.56 bits per heavy atom. The molecule has 0 aliphatic carbocycles. The fourth-order valence-electron chi connectivity index (χ4n) is 0.533. The molecule has 51 valence electrons. The normalized spacial score (nSPS) is 8.22. The Kier molecular flexibility index (Phi) is 3.50. The summed E-state index contributed by atoms with van der Waals surface area (Å²) in [5, 5.41) is 0. The molecule has 0 saturated carbocycles. The van der Waals surface area contributed by atoms with Crippen molar-refractivity contribution in [2.75, 3.05) is 0 Å². The molecule has 0 aromatic heterocycles. The Morgan fingerprint density at radius 3 is 1.89 bits per heavy atom. The molecule has 0 amide bonds. The van der Waals surface area contributed by atoms with Crippen molar-refractivity contribution in [3.8, 4) is 0 Å². The van der Waals surface area contributed by atoms with Crippen molar-refractivity contribution in [1.29, 1.82) is 0 Å². The Bertz CT molecular complexity index is 148. The summed E-state index contributed by atoms with van der Waals surface area (Å²) in [6.45, 7) is 1.93. The zero-order chi connectivity index (χ0) is 5.98. The van der Waals surface area contributed by atoms with Crippen LogP contribution in [0.25, 0.3) is 0 Å². The smallest absolute Gasteiger partial charge is 0.123 e. The van der Waals surface area contributed by atoms with Gasteiger partial charge in [-0.05, 0) is 19.1 Å². The van der Waals surface area contributed by atoms with Crippen LogP contribution < -0.4 is 0 Å². The van der Waals surface area contributed by atoms with Crippen molar-refractivity contribution in [2.45, 2.75) is 6.92 Å². The van der Waals surface area contributed by atoms with Gasteiger partial charge in [-0.2, -0.15) is 0 Å². The van der Waals surface area contributed by atoms with Crippen LogP contribution >= 0.6 is 0 Å². The van der Waals surface area contributed by atoms with Gasteiger partial charge in [0, 0.05) is 16.8 Å². The summed E-state index contributed by atoms with van der Waals surface area (Å²) >= 11 is 0. The van der Waals surface area contributed by atoms with E-state index < -0.39 is 0 Å². The third-order valence-corrected chi connectivity index (χ3v) is 1.01. The summed E-state index contributed by atoms with van der Waals surface area (Å²) in [5.41, 5.74) is 1.09. The van der Waals surface area contributed by atoms with E-state index >= 15 is 0 Å². The zero-order valence-corrected chi connectivity index (χ0v) is 6.06. The van der Waals surface area contributed by atoms with Gasteiger partial charge in [-0.3, -0.25) is 0 Å². The maximum Gasteiger partial charge on any atom is 0.123 e. The van der Waals surface area contributed by atoms with Crippen molar-refractivity contribution in [3.05, 3.63) is 35.6 Å². The molecule has 0 unspecified atom stereocenters. The summed E-state index contributed by atoms with van der Waals surface area (Å²) in [7, 11) is 0. The van der Waals surface area contributed by atoms with Crippen LogP contribution in [0, 0.1) is 12.7 Å². The molecule has 0 aliphatic rings. The van der Waals surface area contributed by atoms with E-state index in [0.717, 1.165) is 5.56 Å². The Hall–Kier alpha value is -0.344. The first-order chi connectivity index (χ1) is 3.79. The van der Waals surface area contributed by atoms with E-state index in [9.17, 15) is 4.39 Å². The quantitative estimate of drug-likeness (QED) is 0.558. The number of benzene rings is 1. The monoisotopic (exact) mass is 169 g/mol. The van der Waals surface area contributed by atoms with Crippen LogP contribution in [0.2, 0.25) is 0 Å². The first-order valence-electron chi connectivity index (χ1n) is 2.51. The Balaban J connectivity index is 0.000000640. The van der Waals surface area contributed by atoms with E-state index in [4.69, 9.17) is 0 Å². The number of halogens is 1. The molecule has 0 saturated heterocycles. The van der Waals surface area contributed by atoms with Gasteiger partial charge >= 0.3 is 0 Å². The average Bonchev–Trinajstić information content (AvgIpc) is 1.77. The maximum atomic E-state index is 12.1. The zero-order valence-electron chi connectivity index (χ0n) is 5.02. The second kappa shape index (κ2) is 3.64. The first kappa shape index (κ1) is 8.66. The molecular weight excluding hydrogens is 162 g/mol. The molecule has 0 N–H and O–H groups in total. The van der Waals surface area contributed by atoms with E-state index in [0.29, 0.717) is 0 Å². The third-order valence-electron chi connectivity index (χ3n) is 1.01. The molecule has 0 aliphatic heterocycles. The molecule has 0 fully saturated rings. The van der Waals surface area contributed by atoms with Gasteiger partial charge in [0.1, 0.15) is 5.82 Å². The van der Waals surface area contributed by atoms with Crippen LogP contribution in [-0.4, -0.2) is 0 Å². The number of aryl methyl sites for hydroxylation is 1. The molecule has 0 bridgehead atoms. The predicted molar refractivity (Wildman–Crippen MR) is 31.1 cm³/mol. The van der Waals surface area contributed by atoms with Gasteiger partial charge in [-0.25, -0.2) is 4.39 Å². The molecular formula is C7H7CoF. The number of rotatable bonds is 0. The molecule has 0 spiro atoms. The molecule has 0 heterocycles. The summed E-state index contributed by atoms with van der Waals surface area (Å²) in [4.78, 5) is 0. The van der Waals surface area contributed by atoms with E-state index in [-0.39, 0.29) is 22.6 Å². The van der Waals surface area contributed by atoms with Gasteiger partial charge in [-0.1, -0.05) is 17.7 Å². The SMILES string of the molecule is Cc1ccc(F)cc1.[Co]. The van der Waals surface area contributed by atoms with Crippen LogP contribution in [0.1, 0.15) is 5.56 Å². The van der Waals surface area contributed by atoms with Crippen molar-refractivity contribution in [2.24, 2.45) is 0 Å². The summed E-state index contributed by atoms with van der Waals surface area (Å²) in [6, 6.07) is 6.40. The van der Waals surface area contributed by atoms with E-state index in [1.54, 1.807) is 12.1 Å². The van der Waals surface area contributed by atoms with Crippen molar-refractivity contribution >= 4 is 0 Å². The van der Waals surface area contributed by atoms with Gasteiger partial charge < -0.3 is 0 Å². The largest absolute Gasteiger partial charge is 0.207 e. The minimum Gasteiger partial charge on any atom is -0.207 e. The van der Waals surface area contributed by atoms with Gasteiger partial charge in [0.2, 0.25) is 0 Å². The van der Waals surface area contributed by atoms with Crippen LogP contribution in [0.15, 0.2) is 24.3 Å². The van der Waals surface area contributed by atoms with Crippen molar-refractivity contribution in [1.82, 2.24) is 0 Å². The molecule has 0 nitrogen and oxygen atoms in total. The number of hydrogen-bond donors (Lipinski definition) is 0. The van der Waals surface area contributed by atoms with Gasteiger partial charge in [0.25, 0.3) is 0 Å². The van der Waals surface area contributed by atoms with Crippen LogP contribution in [-0.2, 0) is 16.8 Å². The van der Waals surface area contributed by atoms with Crippen molar-refractivity contribution < 1.29 is 21.2 Å². The summed E-state index contributed by atoms with van der Waals surface area (Å²) in [6.07, 6.45) is 0. The maximum absolute atomic E-state index is 12.1. The second-order valence-corrected chi connectivity index (χ2v) is 1.80. The van der Waals surface area contributed by atoms with Gasteiger partial charge in [0.05, 0.1) is 0 Å². The van der Waals surface area contributed by atoms with Crippen molar-refractivity contribution in [3.63, 3.8) is 0 Å². The third kappa shape index (κ3) is 2.63. The van der Waals surface area contributed by atoms with Crippen LogP contribution in [0.5, 0.6) is 0 Å². The first-order valence-corrected chi connectivity index (χ1v) is 2.51. The van der Waals surface area contributed by atoms with Crippen LogP contribution in [0.4, 0.5) is 4.39 Å². The van der Waals surface area contributed by atoms with E-state index in [2.05, 4.69) is 0 Å². The standard InChI is InChI=1S/C7H7F.Co/c1-6-2-4-7(8)5-3-6;/h2-5H,1H3;. The van der Waals surface area contributed by atoms with E-state index in [1.807, 2.05) is 6.92 Å². The molecule has 1 aromatic rings. The summed E-state index contributed by atoms with van der Waals surface area (Å²) in [5.74, 6) is -0.171. The molecule has 1 radical (unpaired) electrons. The average molecular weight is 169 g/mol. The van der Waals surface area contributed by atoms with Gasteiger partial charge in [-0.15, -0.1) is 0 Å². The number of hydrogen-bond acceptors (Lipinski definition) is 0. The predicted octanol–water partition coefficient (Wildman–Crippen LogP) is 2.13. The molecule has 2 heteroatoms. The Labute approximate surface area is 64.3 Å². The van der Waals surface area contributed by atoms with Gasteiger partial charge in [0.15, 0.2) is 0 Å². The minimum atomic E-state index is -0.171. The second-order valence-electron chi connectivity index (χ2n) is 1.80. The molecule has 1 rings (SSSR count). The fourth-order valence-corrected chi connectivity index (χ4v) is 0.533. The summed E-state index contributed by atoms with van der Waals surface area (Å²) < 4.78 is 12.1. The molecule has 9 heavy (non-hydrogen) atoms. The topological polar surface area (TPSA) is 0 Å². The Morgan fingerprint density at radius 1 is 1.11 bits per heavy atom. The fraction of sp³-hybridized carbons (Fsp3) is 0.143. The minimum absolute atomic E-state index is 0. The molecule has 1 aromatic carbocycles. The van der Waals surface area contributed by atoms with Crippen LogP contribution in [0.3, 0.4) is 0 Å². The van der Waals surface area contributed by atoms with E-state index in [1.165, 1.54) is 12.1 Å².